The third-order valence-corrected chi connectivity index (χ3v) is 7.49. The molecule has 3 aromatic carbocycles. The first-order valence-corrected chi connectivity index (χ1v) is 13.2. The van der Waals surface area contributed by atoms with Gasteiger partial charge >= 0.3 is 0 Å². The van der Waals surface area contributed by atoms with E-state index in [9.17, 15) is 0 Å². The molecule has 1 N–H and O–H groups in total. The van der Waals surface area contributed by atoms with Crippen molar-refractivity contribution in [2.75, 3.05) is 13.1 Å². The lowest BCUT2D eigenvalue weighted by molar-refractivity contribution is 0.133. The quantitative estimate of drug-likeness (QED) is 0.264. The van der Waals surface area contributed by atoms with E-state index in [4.69, 9.17) is 4.98 Å². The highest BCUT2D eigenvalue weighted by Crippen LogP contribution is 2.40. The fourth-order valence-electron chi connectivity index (χ4n) is 5.61. The van der Waals surface area contributed by atoms with Gasteiger partial charge in [0.05, 0.1) is 5.69 Å². The number of piperidine rings is 1. The van der Waals surface area contributed by atoms with Crippen molar-refractivity contribution in [2.45, 2.75) is 31.2 Å². The zero-order valence-corrected chi connectivity index (χ0v) is 21.0. The average Bonchev–Trinajstić information content (AvgIpc) is 3.44. The van der Waals surface area contributed by atoms with Crippen LogP contribution in [-0.4, -0.2) is 32.9 Å². The van der Waals surface area contributed by atoms with Gasteiger partial charge in [-0.2, -0.15) is 0 Å². The van der Waals surface area contributed by atoms with Gasteiger partial charge in [0, 0.05) is 42.5 Å². The molecule has 4 nitrogen and oxygen atoms in total. The first kappa shape index (κ1) is 23.4. The minimum absolute atomic E-state index is 0.359. The van der Waals surface area contributed by atoms with E-state index in [-0.39, 0.29) is 0 Å². The van der Waals surface area contributed by atoms with Crippen molar-refractivity contribution in [3.05, 3.63) is 132 Å². The summed E-state index contributed by atoms with van der Waals surface area (Å²) in [6.45, 7) is 2.02. The summed E-state index contributed by atoms with van der Waals surface area (Å²) in [5.41, 5.74) is 7.01. The lowest BCUT2D eigenvalue weighted by atomic mass is 9.86. The van der Waals surface area contributed by atoms with Crippen LogP contribution in [-0.2, 0) is 6.42 Å². The standard InChI is InChI=1S/C33H32N4/c1-4-12-25(13-5-1)21-23-37-24-28(19-20-30(37)26-14-6-2-7-15-26)31-32(29-18-10-11-22-34-29)36-33(35-31)27-16-8-3-9-17-27/h1-18,22,28,30H,19-21,23-24H2,(H,35,36)/t28-,30+/m1/s1. The molecule has 6 rings (SSSR count). The number of hydrogen-bond acceptors (Lipinski definition) is 3. The number of rotatable bonds is 7. The molecule has 3 heterocycles. The molecule has 184 valence electrons. The van der Waals surface area contributed by atoms with Gasteiger partial charge in [-0.3, -0.25) is 9.88 Å². The molecular formula is C33H32N4. The van der Waals surface area contributed by atoms with Crippen LogP contribution < -0.4 is 0 Å². The summed E-state index contributed by atoms with van der Waals surface area (Å²) < 4.78 is 0. The zero-order chi connectivity index (χ0) is 24.9. The van der Waals surface area contributed by atoms with E-state index in [2.05, 4.69) is 106 Å². The van der Waals surface area contributed by atoms with Crippen LogP contribution in [0.2, 0.25) is 0 Å². The van der Waals surface area contributed by atoms with E-state index in [1.54, 1.807) is 0 Å². The van der Waals surface area contributed by atoms with Crippen LogP contribution in [0.1, 0.15) is 41.6 Å². The minimum Gasteiger partial charge on any atom is -0.341 e. The summed E-state index contributed by atoms with van der Waals surface area (Å²) in [6, 6.07) is 38.7. The normalized spacial score (nSPS) is 18.1. The summed E-state index contributed by atoms with van der Waals surface area (Å²) in [4.78, 5) is 16.2. The maximum absolute atomic E-state index is 5.09. The van der Waals surface area contributed by atoms with E-state index >= 15 is 0 Å². The Balaban J connectivity index is 1.33. The summed E-state index contributed by atoms with van der Waals surface area (Å²) in [5, 5.41) is 0. The molecule has 5 aromatic rings. The minimum atomic E-state index is 0.359. The van der Waals surface area contributed by atoms with Crippen molar-refractivity contribution in [1.82, 2.24) is 19.9 Å². The summed E-state index contributed by atoms with van der Waals surface area (Å²) >= 11 is 0. The van der Waals surface area contributed by atoms with Crippen LogP contribution in [0.25, 0.3) is 22.8 Å². The highest BCUT2D eigenvalue weighted by molar-refractivity contribution is 5.65. The molecule has 4 heteroatoms. The van der Waals surface area contributed by atoms with Gasteiger partial charge in [-0.05, 0) is 42.5 Å². The van der Waals surface area contributed by atoms with Crippen LogP contribution in [0.5, 0.6) is 0 Å². The lowest BCUT2D eigenvalue weighted by Crippen LogP contribution is -2.38. The Labute approximate surface area is 219 Å². The number of imidazole rings is 1. The summed E-state index contributed by atoms with van der Waals surface area (Å²) in [6.07, 6.45) is 5.12. The Kier molecular flexibility index (Phi) is 6.91. The summed E-state index contributed by atoms with van der Waals surface area (Å²) in [7, 11) is 0. The molecule has 1 aliphatic rings. The topological polar surface area (TPSA) is 44.8 Å². The summed E-state index contributed by atoms with van der Waals surface area (Å²) in [5.74, 6) is 1.27. The van der Waals surface area contributed by atoms with Crippen molar-refractivity contribution in [1.29, 1.82) is 0 Å². The molecule has 0 radical (unpaired) electrons. The second-order valence-corrected chi connectivity index (χ2v) is 9.86. The molecule has 2 atom stereocenters. The van der Waals surface area contributed by atoms with Gasteiger partial charge in [0.25, 0.3) is 0 Å². The van der Waals surface area contributed by atoms with E-state index in [0.717, 1.165) is 55.1 Å². The smallest absolute Gasteiger partial charge is 0.138 e. The Morgan fingerprint density at radius 1 is 0.757 bits per heavy atom. The lowest BCUT2D eigenvalue weighted by Gasteiger charge is -2.40. The molecule has 0 saturated carbocycles. The Hall–Kier alpha value is -4.02. The predicted molar refractivity (Wildman–Crippen MR) is 150 cm³/mol. The molecule has 1 fully saturated rings. The van der Waals surface area contributed by atoms with Crippen molar-refractivity contribution in [3.63, 3.8) is 0 Å². The van der Waals surface area contributed by atoms with Crippen LogP contribution in [0.15, 0.2) is 115 Å². The van der Waals surface area contributed by atoms with Gasteiger partial charge in [-0.25, -0.2) is 4.98 Å². The van der Waals surface area contributed by atoms with E-state index in [0.29, 0.717) is 12.0 Å². The van der Waals surface area contributed by atoms with Crippen molar-refractivity contribution in [3.8, 4) is 22.8 Å². The van der Waals surface area contributed by atoms with Gasteiger partial charge in [0.2, 0.25) is 0 Å². The molecule has 0 bridgehead atoms. The highest BCUT2D eigenvalue weighted by Gasteiger charge is 2.32. The SMILES string of the molecule is c1ccc(CCN2C[C@H](c3[nH]c(-c4ccccc4)nc3-c3ccccn3)CC[C@H]2c2ccccc2)cc1. The number of aromatic nitrogens is 3. The number of benzene rings is 3. The monoisotopic (exact) mass is 484 g/mol. The molecule has 2 aromatic heterocycles. The zero-order valence-electron chi connectivity index (χ0n) is 21.0. The van der Waals surface area contributed by atoms with Crippen molar-refractivity contribution < 1.29 is 0 Å². The number of aromatic amines is 1. The van der Waals surface area contributed by atoms with E-state index in [1.807, 2.05) is 24.4 Å². The van der Waals surface area contributed by atoms with Gasteiger partial charge in [0.1, 0.15) is 11.5 Å². The maximum Gasteiger partial charge on any atom is 0.138 e. The third kappa shape index (κ3) is 5.25. The van der Waals surface area contributed by atoms with Crippen LogP contribution in [0.3, 0.4) is 0 Å². The van der Waals surface area contributed by atoms with Crippen LogP contribution in [0, 0.1) is 0 Å². The van der Waals surface area contributed by atoms with Gasteiger partial charge in [-0.15, -0.1) is 0 Å². The number of hydrogen-bond donors (Lipinski definition) is 1. The molecule has 1 aliphatic heterocycles. The van der Waals surface area contributed by atoms with Crippen molar-refractivity contribution in [2.24, 2.45) is 0 Å². The number of nitrogens with zero attached hydrogens (tertiary/aromatic N) is 3. The maximum atomic E-state index is 5.09. The molecule has 37 heavy (non-hydrogen) atoms. The van der Waals surface area contributed by atoms with E-state index in [1.165, 1.54) is 16.8 Å². The van der Waals surface area contributed by atoms with Crippen molar-refractivity contribution >= 4 is 0 Å². The fraction of sp³-hybridized carbons (Fsp3) is 0.212. The number of pyridine rings is 1. The van der Waals surface area contributed by atoms with Gasteiger partial charge < -0.3 is 4.98 Å². The number of nitrogens with one attached hydrogen (secondary N) is 1. The average molecular weight is 485 g/mol. The van der Waals surface area contributed by atoms with Gasteiger partial charge in [0.15, 0.2) is 0 Å². The second kappa shape index (κ2) is 10.9. The second-order valence-electron chi connectivity index (χ2n) is 9.86. The molecule has 0 spiro atoms. The molecule has 0 amide bonds. The molecule has 1 saturated heterocycles. The molecule has 0 unspecified atom stereocenters. The third-order valence-electron chi connectivity index (χ3n) is 7.49. The predicted octanol–water partition coefficient (Wildman–Crippen LogP) is 7.30. The first-order chi connectivity index (χ1) is 18.3. The van der Waals surface area contributed by atoms with Crippen LogP contribution >= 0.6 is 0 Å². The Morgan fingerprint density at radius 2 is 1.46 bits per heavy atom. The largest absolute Gasteiger partial charge is 0.341 e. The fourth-order valence-corrected chi connectivity index (χ4v) is 5.61. The first-order valence-electron chi connectivity index (χ1n) is 13.2. The number of H-pyrrole nitrogens is 1. The Bertz CT molecular complexity index is 1400. The van der Waals surface area contributed by atoms with E-state index < -0.39 is 0 Å². The number of likely N-dealkylation sites (tertiary alicyclic amines) is 1. The highest BCUT2D eigenvalue weighted by atomic mass is 15.2. The van der Waals surface area contributed by atoms with Crippen LogP contribution in [0.4, 0.5) is 0 Å². The molecular weight excluding hydrogens is 452 g/mol. The molecule has 0 aliphatic carbocycles. The Morgan fingerprint density at radius 3 is 2.19 bits per heavy atom. The van der Waals surface area contributed by atoms with Gasteiger partial charge in [-0.1, -0.05) is 97.1 Å².